The number of rotatable bonds is 5. The van der Waals surface area contributed by atoms with Gasteiger partial charge in [0.25, 0.3) is 17.6 Å². The molecular weight excluding hydrogens is 453 g/mol. The zero-order valence-corrected chi connectivity index (χ0v) is 19.0. The number of benzene rings is 2. The third kappa shape index (κ3) is 4.05. The van der Waals surface area contributed by atoms with Crippen molar-refractivity contribution in [2.45, 2.75) is 13.5 Å². The van der Waals surface area contributed by atoms with Gasteiger partial charge in [-0.05, 0) is 30.3 Å². The number of aromatic nitrogens is 5. The molecule has 0 bridgehead atoms. The number of amides is 2. The normalized spacial score (nSPS) is 13.9. The number of carbonyl (C=O) groups is 3. The highest BCUT2D eigenvalue weighted by atomic mass is 19.2. The SMILES string of the molecule is CCn1nnc(-c2cccc3c(C(=O)C(=O)N4CCN(C(=O)c5ccccc5)CC4)cn(F)c23)n1. The molecule has 178 valence electrons. The molecule has 0 spiro atoms. The third-order valence-electron chi connectivity index (χ3n) is 6.07. The standard InChI is InChI=1S/C24H22FN7O3/c1-2-32-27-22(26-28-32)18-10-6-9-17-19(15-31(25)20(17)18)21(33)24(35)30-13-11-29(12-14-30)23(34)16-7-4-3-5-8-16/h3-10,15H,2,11-14H2,1H3. The Balaban J connectivity index is 1.35. The smallest absolute Gasteiger partial charge is 0.295 e. The Bertz CT molecular complexity index is 1420. The van der Waals surface area contributed by atoms with E-state index in [9.17, 15) is 18.9 Å². The first-order valence-electron chi connectivity index (χ1n) is 11.2. The van der Waals surface area contributed by atoms with Crippen LogP contribution in [0.1, 0.15) is 27.6 Å². The first-order valence-corrected chi connectivity index (χ1v) is 11.2. The van der Waals surface area contributed by atoms with Crippen LogP contribution in [0.2, 0.25) is 0 Å². The summed E-state index contributed by atoms with van der Waals surface area (Å²) in [5.74, 6) is -1.44. The average Bonchev–Trinajstić information content (AvgIpc) is 3.53. The Labute approximate surface area is 199 Å². The van der Waals surface area contributed by atoms with Gasteiger partial charge in [-0.2, -0.15) is 9.59 Å². The van der Waals surface area contributed by atoms with Crippen molar-refractivity contribution in [3.63, 3.8) is 0 Å². The number of para-hydroxylation sites is 1. The number of fused-ring (bicyclic) bond motifs is 1. The molecule has 35 heavy (non-hydrogen) atoms. The summed E-state index contributed by atoms with van der Waals surface area (Å²) in [7, 11) is 0. The van der Waals surface area contributed by atoms with Crippen molar-refractivity contribution in [1.29, 1.82) is 0 Å². The van der Waals surface area contributed by atoms with E-state index >= 15 is 0 Å². The van der Waals surface area contributed by atoms with Crippen molar-refractivity contribution in [1.82, 2.24) is 34.8 Å². The van der Waals surface area contributed by atoms with Crippen molar-refractivity contribution in [3.05, 3.63) is 65.9 Å². The third-order valence-corrected chi connectivity index (χ3v) is 6.07. The maximum absolute atomic E-state index is 14.9. The minimum Gasteiger partial charge on any atom is -0.335 e. The molecule has 1 saturated heterocycles. The molecule has 2 aromatic heterocycles. The summed E-state index contributed by atoms with van der Waals surface area (Å²) in [4.78, 5) is 43.5. The van der Waals surface area contributed by atoms with E-state index in [4.69, 9.17) is 0 Å². The number of hydrogen-bond acceptors (Lipinski definition) is 6. The second-order valence-corrected chi connectivity index (χ2v) is 8.14. The van der Waals surface area contributed by atoms with Gasteiger partial charge in [0.1, 0.15) is 0 Å². The number of ketones is 1. The largest absolute Gasteiger partial charge is 0.335 e. The molecule has 1 aliphatic rings. The van der Waals surface area contributed by atoms with Gasteiger partial charge in [0.15, 0.2) is 0 Å². The Kier molecular flexibility index (Phi) is 5.81. The number of nitrogens with zero attached hydrogens (tertiary/aromatic N) is 7. The number of aryl methyl sites for hydroxylation is 1. The molecule has 0 saturated carbocycles. The van der Waals surface area contributed by atoms with Crippen LogP contribution in [-0.4, -0.2) is 78.6 Å². The molecule has 3 heterocycles. The second-order valence-electron chi connectivity index (χ2n) is 8.14. The van der Waals surface area contributed by atoms with Gasteiger partial charge in [0, 0.05) is 37.1 Å². The lowest BCUT2D eigenvalue weighted by molar-refractivity contribution is -0.127. The summed E-state index contributed by atoms with van der Waals surface area (Å²) < 4.78 is 14.9. The highest BCUT2D eigenvalue weighted by Crippen LogP contribution is 2.30. The zero-order chi connectivity index (χ0) is 24.5. The van der Waals surface area contributed by atoms with E-state index in [2.05, 4.69) is 15.4 Å². The lowest BCUT2D eigenvalue weighted by Gasteiger charge is -2.34. The van der Waals surface area contributed by atoms with E-state index in [0.717, 1.165) is 6.20 Å². The Morgan fingerprint density at radius 2 is 1.66 bits per heavy atom. The molecule has 11 heteroatoms. The van der Waals surface area contributed by atoms with Crippen LogP contribution in [0.25, 0.3) is 22.3 Å². The van der Waals surface area contributed by atoms with Crippen LogP contribution in [0.5, 0.6) is 0 Å². The predicted octanol–water partition coefficient (Wildman–Crippen LogP) is 2.21. The van der Waals surface area contributed by atoms with Crippen LogP contribution in [0.4, 0.5) is 4.48 Å². The first kappa shape index (κ1) is 22.4. The van der Waals surface area contributed by atoms with Gasteiger partial charge in [-0.25, -0.2) is 0 Å². The minimum atomic E-state index is -0.809. The van der Waals surface area contributed by atoms with Gasteiger partial charge in [-0.15, -0.1) is 10.2 Å². The number of halogens is 1. The van der Waals surface area contributed by atoms with E-state index < -0.39 is 11.7 Å². The van der Waals surface area contributed by atoms with Gasteiger partial charge in [-0.3, -0.25) is 14.4 Å². The Hall–Kier alpha value is -4.41. The van der Waals surface area contributed by atoms with Crippen molar-refractivity contribution >= 4 is 28.5 Å². The van der Waals surface area contributed by atoms with Crippen molar-refractivity contribution in [2.24, 2.45) is 0 Å². The number of carbonyl (C=O) groups excluding carboxylic acids is 3. The van der Waals surface area contributed by atoms with E-state index in [-0.39, 0.29) is 41.3 Å². The van der Waals surface area contributed by atoms with E-state index in [1.54, 1.807) is 47.4 Å². The fraction of sp³-hybridized carbons (Fsp3) is 0.250. The molecule has 0 radical (unpaired) electrons. The fourth-order valence-electron chi connectivity index (χ4n) is 4.22. The number of tetrazole rings is 1. The van der Waals surface area contributed by atoms with Crippen LogP contribution >= 0.6 is 0 Å². The highest BCUT2D eigenvalue weighted by molar-refractivity contribution is 6.45. The minimum absolute atomic E-state index is 0.0416. The molecule has 1 fully saturated rings. The maximum Gasteiger partial charge on any atom is 0.295 e. The van der Waals surface area contributed by atoms with E-state index in [1.165, 1.54) is 9.70 Å². The van der Waals surface area contributed by atoms with Crippen molar-refractivity contribution < 1.29 is 18.9 Å². The van der Waals surface area contributed by atoms with Gasteiger partial charge < -0.3 is 9.80 Å². The molecule has 0 unspecified atom stereocenters. The summed E-state index contributed by atoms with van der Waals surface area (Å²) in [6.45, 7) is 3.40. The number of Topliss-reactive ketones (excluding diaryl/α,β-unsaturated/α-hetero) is 1. The van der Waals surface area contributed by atoms with Crippen LogP contribution in [-0.2, 0) is 11.3 Å². The second kappa shape index (κ2) is 9.09. The predicted molar refractivity (Wildman–Crippen MR) is 124 cm³/mol. The summed E-state index contributed by atoms with van der Waals surface area (Å²) in [5.41, 5.74) is 0.991. The summed E-state index contributed by atoms with van der Waals surface area (Å²) >= 11 is 0. The Morgan fingerprint density at radius 1 is 0.943 bits per heavy atom. The average molecular weight is 475 g/mol. The molecule has 0 N–H and O–H groups in total. The molecule has 5 rings (SSSR count). The lowest BCUT2D eigenvalue weighted by atomic mass is 10.0. The summed E-state index contributed by atoms with van der Waals surface area (Å²) in [6, 6.07) is 13.8. The lowest BCUT2D eigenvalue weighted by Crippen LogP contribution is -2.52. The van der Waals surface area contributed by atoms with E-state index in [0.29, 0.717) is 35.6 Å². The van der Waals surface area contributed by atoms with Crippen LogP contribution in [0.15, 0.2) is 54.7 Å². The van der Waals surface area contributed by atoms with Crippen LogP contribution in [0.3, 0.4) is 0 Å². The topological polar surface area (TPSA) is 106 Å². The summed E-state index contributed by atoms with van der Waals surface area (Å²) in [5, 5.41) is 12.4. The van der Waals surface area contributed by atoms with Crippen LogP contribution in [0, 0.1) is 0 Å². The van der Waals surface area contributed by atoms with Gasteiger partial charge >= 0.3 is 0 Å². The van der Waals surface area contributed by atoms with Gasteiger partial charge in [0.2, 0.25) is 5.82 Å². The maximum atomic E-state index is 14.9. The fourth-order valence-corrected chi connectivity index (χ4v) is 4.22. The number of piperazine rings is 1. The van der Waals surface area contributed by atoms with Crippen molar-refractivity contribution in [3.8, 4) is 11.4 Å². The monoisotopic (exact) mass is 475 g/mol. The molecule has 2 amide bonds. The molecule has 1 aliphatic heterocycles. The van der Waals surface area contributed by atoms with Crippen molar-refractivity contribution in [2.75, 3.05) is 26.2 Å². The molecule has 0 atom stereocenters. The molecule has 2 aromatic carbocycles. The summed E-state index contributed by atoms with van der Waals surface area (Å²) in [6.07, 6.45) is 1.01. The highest BCUT2D eigenvalue weighted by Gasteiger charge is 2.31. The molecule has 0 aliphatic carbocycles. The van der Waals surface area contributed by atoms with E-state index in [1.807, 2.05) is 13.0 Å². The molecular formula is C24H22FN7O3. The quantitative estimate of drug-likeness (QED) is 0.324. The zero-order valence-electron chi connectivity index (χ0n) is 19.0. The van der Waals surface area contributed by atoms with Crippen LogP contribution < -0.4 is 0 Å². The Morgan fingerprint density at radius 3 is 2.34 bits per heavy atom. The number of hydrogen-bond donors (Lipinski definition) is 0. The van der Waals surface area contributed by atoms with Gasteiger partial charge in [0.05, 0.1) is 29.4 Å². The molecule has 4 aromatic rings. The molecule has 10 nitrogen and oxygen atoms in total. The first-order chi connectivity index (χ1) is 17.0. The van der Waals surface area contributed by atoms with Gasteiger partial charge in [-0.1, -0.05) is 34.8 Å².